The van der Waals surface area contributed by atoms with Gasteiger partial charge in [0, 0.05) is 5.92 Å². The van der Waals surface area contributed by atoms with Gasteiger partial charge in [0.1, 0.15) is 0 Å². The molecule has 0 bridgehead atoms. The molecule has 1 unspecified atom stereocenters. The lowest BCUT2D eigenvalue weighted by Gasteiger charge is -2.10. The highest BCUT2D eigenvalue weighted by Crippen LogP contribution is 2.18. The maximum absolute atomic E-state index is 7.33. The molecule has 0 aromatic heterocycles. The van der Waals surface area contributed by atoms with Crippen LogP contribution >= 0.6 is 0 Å². The second-order valence-electron chi connectivity index (χ2n) is 3.72. The van der Waals surface area contributed by atoms with E-state index >= 15 is 0 Å². The normalized spacial score (nSPS) is 20.2. The summed E-state index contributed by atoms with van der Waals surface area (Å²) in [5, 5.41) is 13.2. The average molecular weight is 202 g/mol. The summed E-state index contributed by atoms with van der Waals surface area (Å²) >= 11 is 0. The van der Waals surface area contributed by atoms with E-state index in [1.807, 2.05) is 30.3 Å². The minimum absolute atomic E-state index is 0.00720. The van der Waals surface area contributed by atoms with Crippen molar-refractivity contribution in [3.8, 4) is 0 Å². The molecule has 0 radical (unpaired) electrons. The van der Waals surface area contributed by atoms with Crippen LogP contribution in [0.2, 0.25) is 0 Å². The van der Waals surface area contributed by atoms with Crippen LogP contribution in [0.3, 0.4) is 0 Å². The maximum atomic E-state index is 7.33. The van der Waals surface area contributed by atoms with Crippen molar-refractivity contribution >= 4 is 11.7 Å². The zero-order valence-electron chi connectivity index (χ0n) is 8.64. The van der Waals surface area contributed by atoms with Crippen LogP contribution < -0.4 is 5.73 Å². The molecule has 15 heavy (non-hydrogen) atoms. The third-order valence-electron chi connectivity index (χ3n) is 2.49. The second kappa shape index (κ2) is 3.73. The van der Waals surface area contributed by atoms with Crippen LogP contribution in [0.25, 0.3) is 0 Å². The van der Waals surface area contributed by atoms with Gasteiger partial charge in [0.15, 0.2) is 0 Å². The lowest BCUT2D eigenvalue weighted by atomic mass is 10.00. The van der Waals surface area contributed by atoms with Crippen molar-refractivity contribution in [1.82, 2.24) is 5.01 Å². The number of guanidine groups is 1. The first-order valence-corrected chi connectivity index (χ1v) is 4.94. The fourth-order valence-electron chi connectivity index (χ4n) is 1.72. The Morgan fingerprint density at radius 3 is 2.67 bits per heavy atom. The van der Waals surface area contributed by atoms with Crippen molar-refractivity contribution in [3.05, 3.63) is 35.9 Å². The minimum atomic E-state index is 0.00720. The largest absolute Gasteiger partial charge is 0.369 e. The first-order chi connectivity index (χ1) is 7.18. The molecule has 4 heteroatoms. The van der Waals surface area contributed by atoms with Crippen LogP contribution in [0, 0.1) is 11.3 Å². The van der Waals surface area contributed by atoms with Crippen LogP contribution in [0.15, 0.2) is 35.4 Å². The molecule has 0 saturated carbocycles. The Labute approximate surface area is 88.9 Å². The summed E-state index contributed by atoms with van der Waals surface area (Å²) < 4.78 is 0. The quantitative estimate of drug-likeness (QED) is 0.531. The van der Waals surface area contributed by atoms with E-state index in [4.69, 9.17) is 11.1 Å². The Kier molecular flexibility index (Phi) is 2.41. The number of hydrazone groups is 1. The van der Waals surface area contributed by atoms with Crippen molar-refractivity contribution in [1.29, 1.82) is 5.41 Å². The summed E-state index contributed by atoms with van der Waals surface area (Å²) in [6.45, 7) is 2.79. The molecule has 1 aromatic rings. The SMILES string of the molecule is CC1CN(C(=N)N)N=C1c1ccccc1. The molecule has 0 aliphatic carbocycles. The van der Waals surface area contributed by atoms with Crippen molar-refractivity contribution in [2.45, 2.75) is 6.92 Å². The van der Waals surface area contributed by atoms with Crippen LogP contribution in [-0.4, -0.2) is 23.2 Å². The zero-order valence-corrected chi connectivity index (χ0v) is 8.64. The molecule has 0 fully saturated rings. The van der Waals surface area contributed by atoms with Crippen LogP contribution in [0.4, 0.5) is 0 Å². The van der Waals surface area contributed by atoms with E-state index in [9.17, 15) is 0 Å². The van der Waals surface area contributed by atoms with Crippen molar-refractivity contribution in [2.75, 3.05) is 6.54 Å². The number of rotatable bonds is 1. The first-order valence-electron chi connectivity index (χ1n) is 4.94. The summed E-state index contributed by atoms with van der Waals surface area (Å²) in [6.07, 6.45) is 0. The highest BCUT2D eigenvalue weighted by atomic mass is 15.5. The van der Waals surface area contributed by atoms with Gasteiger partial charge in [-0.1, -0.05) is 37.3 Å². The summed E-state index contributed by atoms with van der Waals surface area (Å²) in [4.78, 5) is 0. The molecule has 1 aromatic carbocycles. The molecule has 2 rings (SSSR count). The Balaban J connectivity index is 2.30. The van der Waals surface area contributed by atoms with Gasteiger partial charge in [0.05, 0.1) is 12.3 Å². The van der Waals surface area contributed by atoms with Gasteiger partial charge in [-0.05, 0) is 5.56 Å². The van der Waals surface area contributed by atoms with Crippen LogP contribution in [0.1, 0.15) is 12.5 Å². The number of benzene rings is 1. The molecule has 1 aliphatic heterocycles. The molecule has 0 saturated heterocycles. The number of nitrogens with two attached hydrogens (primary N) is 1. The third kappa shape index (κ3) is 1.83. The standard InChI is InChI=1S/C11H14N4/c1-8-7-15(11(12)13)14-10(8)9-5-3-2-4-6-9/h2-6,8H,7H2,1H3,(H3,12,13). The fourth-order valence-corrected chi connectivity index (χ4v) is 1.72. The van der Waals surface area contributed by atoms with Gasteiger partial charge >= 0.3 is 0 Å². The monoisotopic (exact) mass is 202 g/mol. The Morgan fingerprint density at radius 1 is 1.47 bits per heavy atom. The average Bonchev–Trinajstić information content (AvgIpc) is 2.62. The molecule has 0 amide bonds. The van der Waals surface area contributed by atoms with E-state index < -0.39 is 0 Å². The first kappa shape index (κ1) is 9.71. The number of hydrogen-bond acceptors (Lipinski definition) is 2. The van der Waals surface area contributed by atoms with E-state index in [0.717, 1.165) is 11.3 Å². The highest BCUT2D eigenvalue weighted by Gasteiger charge is 2.24. The van der Waals surface area contributed by atoms with E-state index in [0.29, 0.717) is 12.5 Å². The summed E-state index contributed by atoms with van der Waals surface area (Å²) in [7, 11) is 0. The van der Waals surface area contributed by atoms with E-state index in [2.05, 4.69) is 12.0 Å². The van der Waals surface area contributed by atoms with Gasteiger partial charge in [-0.15, -0.1) is 0 Å². The van der Waals surface area contributed by atoms with Gasteiger partial charge in [-0.2, -0.15) is 5.10 Å². The topological polar surface area (TPSA) is 65.5 Å². The van der Waals surface area contributed by atoms with Crippen LogP contribution in [0.5, 0.6) is 0 Å². The molecule has 1 atom stereocenters. The van der Waals surface area contributed by atoms with Gasteiger partial charge in [0.2, 0.25) is 5.96 Å². The summed E-state index contributed by atoms with van der Waals surface area (Å²) in [5.74, 6) is 0.323. The van der Waals surface area contributed by atoms with Crippen molar-refractivity contribution < 1.29 is 0 Å². The molecule has 1 aliphatic rings. The van der Waals surface area contributed by atoms with Crippen molar-refractivity contribution in [2.24, 2.45) is 16.8 Å². The van der Waals surface area contributed by atoms with E-state index in [-0.39, 0.29) is 5.96 Å². The molecular weight excluding hydrogens is 188 g/mol. The summed E-state index contributed by atoms with van der Waals surface area (Å²) in [5.41, 5.74) is 7.51. The van der Waals surface area contributed by atoms with E-state index in [1.54, 1.807) is 0 Å². The van der Waals surface area contributed by atoms with Gasteiger partial charge in [-0.25, -0.2) is 5.01 Å². The minimum Gasteiger partial charge on any atom is -0.369 e. The van der Waals surface area contributed by atoms with Gasteiger partial charge < -0.3 is 5.73 Å². The third-order valence-corrected chi connectivity index (χ3v) is 2.49. The second-order valence-corrected chi connectivity index (χ2v) is 3.72. The van der Waals surface area contributed by atoms with Gasteiger partial charge in [-0.3, -0.25) is 5.41 Å². The smallest absolute Gasteiger partial charge is 0.209 e. The number of hydrogen-bond donors (Lipinski definition) is 2. The molecule has 4 nitrogen and oxygen atoms in total. The lowest BCUT2D eigenvalue weighted by Crippen LogP contribution is -2.31. The molecule has 1 heterocycles. The van der Waals surface area contributed by atoms with Gasteiger partial charge in [0.25, 0.3) is 0 Å². The molecule has 3 N–H and O–H groups in total. The number of nitrogens with zero attached hydrogens (tertiary/aromatic N) is 2. The Bertz CT molecular complexity index is 396. The zero-order chi connectivity index (χ0) is 10.8. The maximum Gasteiger partial charge on any atom is 0.209 e. The Hall–Kier alpha value is -1.84. The lowest BCUT2D eigenvalue weighted by molar-refractivity contribution is 0.448. The van der Waals surface area contributed by atoms with Crippen molar-refractivity contribution in [3.63, 3.8) is 0 Å². The molecule has 78 valence electrons. The van der Waals surface area contributed by atoms with Crippen LogP contribution in [-0.2, 0) is 0 Å². The predicted molar refractivity (Wildman–Crippen MR) is 60.8 cm³/mol. The molecular formula is C11H14N4. The highest BCUT2D eigenvalue weighted by molar-refractivity contribution is 6.04. The van der Waals surface area contributed by atoms with E-state index in [1.165, 1.54) is 5.01 Å². The predicted octanol–water partition coefficient (Wildman–Crippen LogP) is 1.24. The number of nitrogens with one attached hydrogen (secondary N) is 1. The molecule has 0 spiro atoms. The Morgan fingerprint density at radius 2 is 2.13 bits per heavy atom. The summed E-state index contributed by atoms with van der Waals surface area (Å²) in [6, 6.07) is 10.0. The fraction of sp³-hybridized carbons (Fsp3) is 0.273.